The third-order valence-electron chi connectivity index (χ3n) is 1.59. The molecule has 0 saturated carbocycles. The fourth-order valence-electron chi connectivity index (χ4n) is 0.871. The molecule has 0 atom stereocenters. The molecular weight excluding hydrogens is 204 g/mol. The molecule has 0 radical (unpaired) electrons. The van der Waals surface area contributed by atoms with Crippen LogP contribution in [-0.2, 0) is 0 Å². The van der Waals surface area contributed by atoms with Crippen molar-refractivity contribution in [2.24, 2.45) is 10.7 Å². The van der Waals surface area contributed by atoms with Gasteiger partial charge in [-0.2, -0.15) is 0 Å². The quantitative estimate of drug-likeness (QED) is 0.577. The molecular formula is C9H11ClN2S. The second-order valence-corrected chi connectivity index (χ2v) is 3.82. The molecule has 0 fully saturated rings. The fourth-order valence-corrected chi connectivity index (χ4v) is 1.19. The number of aryl methyl sites for hydroxylation is 1. The Labute approximate surface area is 87.2 Å². The molecule has 0 aliphatic carbocycles. The first-order valence-corrected chi connectivity index (χ1v) is 5.38. The number of amidine groups is 1. The number of benzene rings is 1. The van der Waals surface area contributed by atoms with E-state index in [0.29, 0.717) is 5.17 Å². The number of hydrogen-bond donors (Lipinski definition) is 1. The van der Waals surface area contributed by atoms with E-state index in [2.05, 4.69) is 4.99 Å². The molecule has 0 aliphatic rings. The van der Waals surface area contributed by atoms with Crippen molar-refractivity contribution in [3.63, 3.8) is 0 Å². The molecule has 0 heterocycles. The van der Waals surface area contributed by atoms with Gasteiger partial charge in [0.05, 0.1) is 5.69 Å². The monoisotopic (exact) mass is 214 g/mol. The van der Waals surface area contributed by atoms with Crippen molar-refractivity contribution in [1.29, 1.82) is 0 Å². The molecule has 0 amide bonds. The average Bonchev–Trinajstić information content (AvgIpc) is 2.11. The van der Waals surface area contributed by atoms with Crippen molar-refractivity contribution in [2.45, 2.75) is 6.92 Å². The van der Waals surface area contributed by atoms with Crippen molar-refractivity contribution in [3.8, 4) is 0 Å². The number of aliphatic imine (C=N–C) groups is 1. The van der Waals surface area contributed by atoms with Gasteiger partial charge in [-0.25, -0.2) is 4.99 Å². The molecule has 13 heavy (non-hydrogen) atoms. The topological polar surface area (TPSA) is 38.4 Å². The highest BCUT2D eigenvalue weighted by Crippen LogP contribution is 2.21. The normalized spacial score (nSPS) is 11.8. The summed E-state index contributed by atoms with van der Waals surface area (Å²) in [6.07, 6.45) is 1.89. The summed E-state index contributed by atoms with van der Waals surface area (Å²) in [5.74, 6) is 0. The first-order valence-electron chi connectivity index (χ1n) is 3.78. The molecule has 1 rings (SSSR count). The molecule has 1 aromatic carbocycles. The number of hydrogen-bond acceptors (Lipinski definition) is 2. The largest absolute Gasteiger partial charge is 0.378 e. The van der Waals surface area contributed by atoms with Crippen LogP contribution in [0.25, 0.3) is 0 Å². The van der Waals surface area contributed by atoms with E-state index in [9.17, 15) is 0 Å². The van der Waals surface area contributed by atoms with E-state index in [1.807, 2.05) is 31.4 Å². The van der Waals surface area contributed by atoms with Gasteiger partial charge >= 0.3 is 0 Å². The number of nitrogens with two attached hydrogens (primary N) is 1. The zero-order chi connectivity index (χ0) is 9.84. The Bertz CT molecular complexity index is 336. The smallest absolute Gasteiger partial charge is 0.158 e. The standard InChI is InChI=1S/C9H11ClN2S/c1-6-5-7(3-4-8(6)10)12-9(11)13-2/h3-5H,1-2H3,(H2,11,12). The van der Waals surface area contributed by atoms with Crippen molar-refractivity contribution < 1.29 is 0 Å². The summed E-state index contributed by atoms with van der Waals surface area (Å²) in [5, 5.41) is 1.31. The Kier molecular flexibility index (Phi) is 3.63. The number of thioether (sulfide) groups is 1. The van der Waals surface area contributed by atoms with Gasteiger partial charge in [0, 0.05) is 5.02 Å². The highest BCUT2D eigenvalue weighted by atomic mass is 35.5. The van der Waals surface area contributed by atoms with E-state index in [-0.39, 0.29) is 0 Å². The van der Waals surface area contributed by atoms with E-state index in [1.165, 1.54) is 11.8 Å². The Morgan fingerprint density at radius 1 is 1.54 bits per heavy atom. The Morgan fingerprint density at radius 2 is 2.23 bits per heavy atom. The molecule has 0 aromatic heterocycles. The SMILES string of the molecule is CSC(N)=Nc1ccc(Cl)c(C)c1. The number of rotatable bonds is 1. The fraction of sp³-hybridized carbons (Fsp3) is 0.222. The van der Waals surface area contributed by atoms with Gasteiger partial charge in [-0.1, -0.05) is 23.4 Å². The Hall–Kier alpha value is -0.670. The van der Waals surface area contributed by atoms with Crippen LogP contribution >= 0.6 is 23.4 Å². The molecule has 0 spiro atoms. The Balaban J connectivity index is 2.98. The number of halogens is 1. The van der Waals surface area contributed by atoms with E-state index in [1.54, 1.807) is 0 Å². The maximum atomic E-state index is 5.87. The minimum absolute atomic E-state index is 0.557. The summed E-state index contributed by atoms with van der Waals surface area (Å²) >= 11 is 7.29. The highest BCUT2D eigenvalue weighted by molar-refractivity contribution is 8.13. The van der Waals surface area contributed by atoms with Crippen molar-refractivity contribution in [1.82, 2.24) is 0 Å². The molecule has 4 heteroatoms. The molecule has 2 nitrogen and oxygen atoms in total. The molecule has 1 aromatic rings. The van der Waals surface area contributed by atoms with Gasteiger partial charge in [-0.15, -0.1) is 0 Å². The lowest BCUT2D eigenvalue weighted by molar-refractivity contribution is 1.42. The van der Waals surface area contributed by atoms with Crippen LogP contribution in [0.1, 0.15) is 5.56 Å². The zero-order valence-electron chi connectivity index (χ0n) is 7.54. The van der Waals surface area contributed by atoms with Crippen molar-refractivity contribution >= 4 is 34.2 Å². The van der Waals surface area contributed by atoms with Crippen LogP contribution in [0.15, 0.2) is 23.2 Å². The lowest BCUT2D eigenvalue weighted by Crippen LogP contribution is -2.04. The highest BCUT2D eigenvalue weighted by Gasteiger charge is 1.96. The van der Waals surface area contributed by atoms with Gasteiger partial charge in [-0.3, -0.25) is 0 Å². The van der Waals surface area contributed by atoms with Crippen molar-refractivity contribution in [3.05, 3.63) is 28.8 Å². The summed E-state index contributed by atoms with van der Waals surface area (Å²) in [7, 11) is 0. The second-order valence-electron chi connectivity index (χ2n) is 2.59. The van der Waals surface area contributed by atoms with Gasteiger partial charge in [0.1, 0.15) is 0 Å². The summed E-state index contributed by atoms with van der Waals surface area (Å²) < 4.78 is 0. The summed E-state index contributed by atoms with van der Waals surface area (Å²) in [5.41, 5.74) is 7.43. The predicted octanol–water partition coefficient (Wildman–Crippen LogP) is 2.96. The molecule has 0 saturated heterocycles. The molecule has 70 valence electrons. The van der Waals surface area contributed by atoms with Crippen molar-refractivity contribution in [2.75, 3.05) is 6.26 Å². The van der Waals surface area contributed by atoms with Gasteiger partial charge < -0.3 is 5.73 Å². The number of nitrogens with zero attached hydrogens (tertiary/aromatic N) is 1. The third-order valence-corrected chi connectivity index (χ3v) is 2.52. The molecule has 0 unspecified atom stereocenters. The van der Waals surface area contributed by atoms with Gasteiger partial charge in [-0.05, 0) is 36.9 Å². The predicted molar refractivity (Wildman–Crippen MR) is 61.0 cm³/mol. The first-order chi connectivity index (χ1) is 6.13. The maximum Gasteiger partial charge on any atom is 0.158 e. The van der Waals surface area contributed by atoms with Crippen LogP contribution in [0.5, 0.6) is 0 Å². The van der Waals surface area contributed by atoms with Crippen LogP contribution in [0.4, 0.5) is 5.69 Å². The summed E-state index contributed by atoms with van der Waals surface area (Å²) in [4.78, 5) is 4.18. The second kappa shape index (κ2) is 4.53. The van der Waals surface area contributed by atoms with E-state index in [4.69, 9.17) is 17.3 Å². The maximum absolute atomic E-state index is 5.87. The van der Waals surface area contributed by atoms with Gasteiger partial charge in [0.25, 0.3) is 0 Å². The van der Waals surface area contributed by atoms with Crippen LogP contribution in [0, 0.1) is 6.92 Å². The van der Waals surface area contributed by atoms with E-state index in [0.717, 1.165) is 16.3 Å². The molecule has 2 N–H and O–H groups in total. The average molecular weight is 215 g/mol. The summed E-state index contributed by atoms with van der Waals surface area (Å²) in [6, 6.07) is 5.58. The molecule has 0 bridgehead atoms. The van der Waals surface area contributed by atoms with Crippen LogP contribution in [-0.4, -0.2) is 11.4 Å². The van der Waals surface area contributed by atoms with E-state index >= 15 is 0 Å². The van der Waals surface area contributed by atoms with Crippen LogP contribution in [0.2, 0.25) is 5.02 Å². The lowest BCUT2D eigenvalue weighted by Gasteiger charge is -1.99. The third kappa shape index (κ3) is 2.94. The van der Waals surface area contributed by atoms with Gasteiger partial charge in [0.2, 0.25) is 0 Å². The minimum Gasteiger partial charge on any atom is -0.378 e. The zero-order valence-corrected chi connectivity index (χ0v) is 9.12. The summed E-state index contributed by atoms with van der Waals surface area (Å²) in [6.45, 7) is 1.94. The molecule has 0 aliphatic heterocycles. The van der Waals surface area contributed by atoms with E-state index < -0.39 is 0 Å². The lowest BCUT2D eigenvalue weighted by atomic mass is 10.2. The van der Waals surface area contributed by atoms with Crippen LogP contribution in [0.3, 0.4) is 0 Å². The van der Waals surface area contributed by atoms with Gasteiger partial charge in [0.15, 0.2) is 5.17 Å². The minimum atomic E-state index is 0.557. The Morgan fingerprint density at radius 3 is 2.77 bits per heavy atom. The first kappa shape index (κ1) is 10.4. The van der Waals surface area contributed by atoms with Crippen LogP contribution < -0.4 is 5.73 Å².